The van der Waals surface area contributed by atoms with Gasteiger partial charge in [0, 0.05) is 89.3 Å². The van der Waals surface area contributed by atoms with Gasteiger partial charge in [-0.05, 0) is 25.7 Å². The molecule has 47 heavy (non-hydrogen) atoms. The lowest BCUT2D eigenvalue weighted by atomic mass is 10.1. The molecule has 16 nitrogen and oxygen atoms in total. The number of nitrogens with one attached hydrogen (secondary N) is 2. The fraction of sp³-hybridized carbons (Fsp3) is 0.793. The van der Waals surface area contributed by atoms with E-state index in [1.165, 1.54) is 12.2 Å². The number of carbonyl (C=O) groups is 6. The summed E-state index contributed by atoms with van der Waals surface area (Å²) in [5.41, 5.74) is 0. The second-order valence-corrected chi connectivity index (χ2v) is 14.5. The van der Waals surface area contributed by atoms with Gasteiger partial charge in [0.1, 0.15) is 6.04 Å². The molecular weight excluding hydrogens is 656 g/mol. The van der Waals surface area contributed by atoms with Crippen LogP contribution in [0.15, 0.2) is 0 Å². The molecule has 2 rings (SSSR count). The maximum absolute atomic E-state index is 12.6. The standard InChI is InChI=1S/C29H50N6O10S2/c36-24(4-2-1-3-22-7-18-46-47-22)30-8-9-31-25(37)6-5-23(29(44)45)35-16-14-33(20-27(40)41)12-10-32(19-26(38)39)11-13-34(15-17-35)21-28(42)43/h22-23H,1-21H2,(H,30,36)(H,31,37)(H,38,39)(H,40,41)(H,42,43)(H,44,45). The minimum absolute atomic E-state index is 0.0322. The van der Waals surface area contributed by atoms with E-state index in [0.717, 1.165) is 19.3 Å². The largest absolute Gasteiger partial charge is 0.480 e. The summed E-state index contributed by atoms with van der Waals surface area (Å²) in [5.74, 6) is -3.64. The van der Waals surface area contributed by atoms with Crippen LogP contribution in [0, 0.1) is 0 Å². The SMILES string of the molecule is O=C(O)CN1CCN(CC(=O)O)CCN(C(CCC(=O)NCCNC(=O)CCCCC2CCSS2)C(=O)O)CCN(CC(=O)O)CC1. The Bertz CT molecular complexity index is 1000. The minimum Gasteiger partial charge on any atom is -0.480 e. The topological polar surface area (TPSA) is 220 Å². The van der Waals surface area contributed by atoms with E-state index in [1.807, 2.05) is 21.6 Å². The van der Waals surface area contributed by atoms with Crippen LogP contribution < -0.4 is 10.6 Å². The number of hydrogen-bond acceptors (Lipinski definition) is 12. The quantitative estimate of drug-likeness (QED) is 0.0746. The van der Waals surface area contributed by atoms with E-state index < -0.39 is 29.9 Å². The summed E-state index contributed by atoms with van der Waals surface area (Å²) in [6.07, 6.45) is 4.46. The van der Waals surface area contributed by atoms with E-state index >= 15 is 0 Å². The van der Waals surface area contributed by atoms with Crippen molar-refractivity contribution in [3.05, 3.63) is 0 Å². The Labute approximate surface area is 283 Å². The van der Waals surface area contributed by atoms with Crippen LogP contribution in [0.5, 0.6) is 0 Å². The molecule has 0 spiro atoms. The van der Waals surface area contributed by atoms with Gasteiger partial charge in [0.15, 0.2) is 0 Å². The molecular formula is C29H50N6O10S2. The number of carbonyl (C=O) groups excluding carboxylic acids is 2. The normalized spacial score (nSPS) is 20.0. The third-order valence-electron chi connectivity index (χ3n) is 8.00. The van der Waals surface area contributed by atoms with Gasteiger partial charge in [-0.15, -0.1) is 0 Å². The zero-order chi connectivity index (χ0) is 34.6. The van der Waals surface area contributed by atoms with Gasteiger partial charge in [0.25, 0.3) is 0 Å². The van der Waals surface area contributed by atoms with Gasteiger partial charge in [-0.1, -0.05) is 28.0 Å². The molecule has 0 aliphatic carbocycles. The summed E-state index contributed by atoms with van der Waals surface area (Å²) >= 11 is 0. The first-order valence-electron chi connectivity index (χ1n) is 16.0. The average Bonchev–Trinajstić information content (AvgIpc) is 3.51. The number of amides is 2. The van der Waals surface area contributed by atoms with E-state index in [2.05, 4.69) is 10.6 Å². The highest BCUT2D eigenvalue weighted by Gasteiger charge is 2.28. The summed E-state index contributed by atoms with van der Waals surface area (Å²) in [6, 6.07) is -1.09. The number of carboxylic acid groups (broad SMARTS) is 4. The summed E-state index contributed by atoms with van der Waals surface area (Å²) in [6.45, 7) is 1.00. The molecule has 2 heterocycles. The van der Waals surface area contributed by atoms with Crippen molar-refractivity contribution in [1.82, 2.24) is 30.2 Å². The summed E-state index contributed by atoms with van der Waals surface area (Å²) in [4.78, 5) is 77.9. The third kappa shape index (κ3) is 18.5. The zero-order valence-corrected chi connectivity index (χ0v) is 28.5. The first-order chi connectivity index (χ1) is 22.4. The van der Waals surface area contributed by atoms with Crippen LogP contribution in [0.2, 0.25) is 0 Å². The van der Waals surface area contributed by atoms with Gasteiger partial charge >= 0.3 is 23.9 Å². The van der Waals surface area contributed by atoms with Crippen molar-refractivity contribution in [2.45, 2.75) is 56.2 Å². The van der Waals surface area contributed by atoms with Crippen molar-refractivity contribution in [1.29, 1.82) is 0 Å². The average molecular weight is 707 g/mol. The molecule has 6 N–H and O–H groups in total. The monoisotopic (exact) mass is 706 g/mol. The number of rotatable bonds is 19. The van der Waals surface area contributed by atoms with E-state index in [-0.39, 0.29) is 110 Å². The molecule has 0 aromatic heterocycles. The number of unbranched alkanes of at least 4 members (excludes halogenated alkanes) is 1. The zero-order valence-electron chi connectivity index (χ0n) is 26.8. The molecule has 2 amide bonds. The highest BCUT2D eigenvalue weighted by Crippen LogP contribution is 2.39. The molecule has 18 heteroatoms. The van der Waals surface area contributed by atoms with Gasteiger partial charge in [-0.2, -0.15) is 0 Å². The van der Waals surface area contributed by atoms with Crippen LogP contribution in [0.25, 0.3) is 0 Å². The summed E-state index contributed by atoms with van der Waals surface area (Å²) in [7, 11) is 3.83. The molecule has 0 bridgehead atoms. The first-order valence-corrected chi connectivity index (χ1v) is 18.4. The van der Waals surface area contributed by atoms with Gasteiger partial charge in [-0.25, -0.2) is 0 Å². The van der Waals surface area contributed by atoms with Crippen LogP contribution in [0.4, 0.5) is 0 Å². The lowest BCUT2D eigenvalue weighted by Gasteiger charge is -2.35. The molecule has 0 saturated carbocycles. The Morgan fingerprint density at radius 2 is 1.13 bits per heavy atom. The number of aliphatic carboxylic acids is 4. The second-order valence-electron chi connectivity index (χ2n) is 11.7. The van der Waals surface area contributed by atoms with Gasteiger partial charge in [0.2, 0.25) is 11.8 Å². The van der Waals surface area contributed by atoms with Crippen LogP contribution in [-0.2, 0) is 28.8 Å². The number of carboxylic acids is 4. The molecule has 2 fully saturated rings. The third-order valence-corrected chi connectivity index (χ3v) is 11.0. The van der Waals surface area contributed by atoms with E-state index in [9.17, 15) is 49.2 Å². The smallest absolute Gasteiger partial charge is 0.320 e. The van der Waals surface area contributed by atoms with Crippen molar-refractivity contribution in [3.8, 4) is 0 Å². The highest BCUT2D eigenvalue weighted by atomic mass is 33.1. The Morgan fingerprint density at radius 1 is 0.660 bits per heavy atom. The lowest BCUT2D eigenvalue weighted by molar-refractivity contribution is -0.145. The van der Waals surface area contributed by atoms with Crippen LogP contribution in [-0.4, -0.2) is 178 Å². The van der Waals surface area contributed by atoms with Crippen molar-refractivity contribution in [3.63, 3.8) is 0 Å². The highest BCUT2D eigenvalue weighted by molar-refractivity contribution is 8.77. The molecule has 0 aromatic rings. The van der Waals surface area contributed by atoms with Crippen LogP contribution >= 0.6 is 21.6 Å². The molecule has 2 saturated heterocycles. The molecule has 2 aliphatic rings. The Morgan fingerprint density at radius 3 is 1.55 bits per heavy atom. The predicted octanol–water partition coefficient (Wildman–Crippen LogP) is -0.358. The molecule has 2 aliphatic heterocycles. The molecule has 0 radical (unpaired) electrons. The van der Waals surface area contributed by atoms with Crippen molar-refractivity contribution in [2.75, 3.05) is 90.8 Å². The van der Waals surface area contributed by atoms with Crippen LogP contribution in [0.3, 0.4) is 0 Å². The first kappa shape index (κ1) is 40.5. The van der Waals surface area contributed by atoms with Crippen LogP contribution in [0.1, 0.15) is 44.9 Å². The molecule has 0 aromatic carbocycles. The van der Waals surface area contributed by atoms with Crippen molar-refractivity contribution < 1.29 is 49.2 Å². The number of hydrogen-bond donors (Lipinski definition) is 6. The maximum atomic E-state index is 12.6. The van der Waals surface area contributed by atoms with Crippen molar-refractivity contribution in [2.24, 2.45) is 0 Å². The van der Waals surface area contributed by atoms with Gasteiger partial charge in [-0.3, -0.25) is 48.4 Å². The fourth-order valence-corrected chi connectivity index (χ4v) is 8.47. The van der Waals surface area contributed by atoms with Gasteiger partial charge < -0.3 is 31.1 Å². The van der Waals surface area contributed by atoms with E-state index in [4.69, 9.17) is 0 Å². The maximum Gasteiger partial charge on any atom is 0.320 e. The summed E-state index contributed by atoms with van der Waals surface area (Å²) in [5, 5.41) is 44.4. The van der Waals surface area contributed by atoms with Gasteiger partial charge in [0.05, 0.1) is 19.6 Å². The lowest BCUT2D eigenvalue weighted by Crippen LogP contribution is -2.52. The predicted molar refractivity (Wildman–Crippen MR) is 177 cm³/mol. The summed E-state index contributed by atoms with van der Waals surface area (Å²) < 4.78 is 0. The number of nitrogens with zero attached hydrogens (tertiary/aromatic N) is 4. The fourth-order valence-electron chi connectivity index (χ4n) is 5.45. The second kappa shape index (κ2) is 22.8. The Kier molecular flexibility index (Phi) is 19.7. The van der Waals surface area contributed by atoms with E-state index in [1.54, 1.807) is 19.6 Å². The Balaban J connectivity index is 1.90. The molecule has 268 valence electrons. The van der Waals surface area contributed by atoms with Crippen molar-refractivity contribution >= 4 is 57.3 Å². The van der Waals surface area contributed by atoms with E-state index in [0.29, 0.717) is 11.7 Å². The molecule has 2 atom stereocenters. The Hall–Kier alpha value is -2.64. The molecule has 2 unspecified atom stereocenters. The minimum atomic E-state index is -1.16.